The molecule has 0 radical (unpaired) electrons. The van der Waals surface area contributed by atoms with Gasteiger partial charge in [0.05, 0.1) is 16.4 Å². The van der Waals surface area contributed by atoms with Crippen LogP contribution in [0.1, 0.15) is 37.8 Å². The van der Waals surface area contributed by atoms with E-state index in [0.717, 1.165) is 40.2 Å². The second-order valence-electron chi connectivity index (χ2n) is 7.91. The summed E-state index contributed by atoms with van der Waals surface area (Å²) in [7, 11) is -1.74. The van der Waals surface area contributed by atoms with E-state index in [1.165, 1.54) is 21.2 Å². The van der Waals surface area contributed by atoms with Gasteiger partial charge in [0.2, 0.25) is 10.0 Å². The molecule has 0 spiro atoms. The molecule has 0 N–H and O–H groups in total. The van der Waals surface area contributed by atoms with Crippen LogP contribution >= 0.6 is 22.9 Å². The summed E-state index contributed by atoms with van der Waals surface area (Å²) in [6, 6.07) is 11.4. The molecule has 0 fully saturated rings. The molecule has 0 atom stereocenters. The standard InChI is InChI=1S/C24H30ClN3O2S2/c1-6-12-28(13-7-2)32(29,30)23-15-19(9-10-20(23)25)22-16-31-24(27(22)5)26-21-11-8-17(3)14-18(21)4/h8-11,14-16H,6-7,12-13H2,1-5H3. The summed E-state index contributed by atoms with van der Waals surface area (Å²) in [6.07, 6.45) is 1.50. The number of rotatable bonds is 8. The van der Waals surface area contributed by atoms with Crippen LogP contribution in [0.5, 0.6) is 0 Å². The van der Waals surface area contributed by atoms with Crippen molar-refractivity contribution in [1.29, 1.82) is 0 Å². The number of hydrogen-bond acceptors (Lipinski definition) is 4. The quantitative estimate of drug-likeness (QED) is 0.384. The maximum atomic E-state index is 13.3. The van der Waals surface area contributed by atoms with Crippen molar-refractivity contribution in [3.8, 4) is 11.3 Å². The van der Waals surface area contributed by atoms with Crippen LogP contribution in [-0.2, 0) is 17.1 Å². The van der Waals surface area contributed by atoms with E-state index in [-0.39, 0.29) is 9.92 Å². The minimum absolute atomic E-state index is 0.151. The van der Waals surface area contributed by atoms with Crippen molar-refractivity contribution in [2.24, 2.45) is 12.0 Å². The van der Waals surface area contributed by atoms with Gasteiger partial charge in [-0.1, -0.05) is 49.2 Å². The normalized spacial score (nSPS) is 12.7. The van der Waals surface area contributed by atoms with Crippen LogP contribution in [0.3, 0.4) is 0 Å². The van der Waals surface area contributed by atoms with Gasteiger partial charge in [-0.25, -0.2) is 13.4 Å². The molecule has 3 aromatic rings. The van der Waals surface area contributed by atoms with Gasteiger partial charge in [-0.3, -0.25) is 0 Å². The van der Waals surface area contributed by atoms with E-state index in [1.54, 1.807) is 12.1 Å². The van der Waals surface area contributed by atoms with Crippen LogP contribution in [0.25, 0.3) is 11.3 Å². The van der Waals surface area contributed by atoms with Crippen LogP contribution in [-0.4, -0.2) is 30.4 Å². The lowest BCUT2D eigenvalue weighted by molar-refractivity contribution is 0.410. The highest BCUT2D eigenvalue weighted by atomic mass is 35.5. The lowest BCUT2D eigenvalue weighted by Gasteiger charge is -2.22. The molecular formula is C24H30ClN3O2S2. The summed E-state index contributed by atoms with van der Waals surface area (Å²) in [4.78, 5) is 5.81. The summed E-state index contributed by atoms with van der Waals surface area (Å²) in [6.45, 7) is 9.01. The van der Waals surface area contributed by atoms with Crippen molar-refractivity contribution >= 4 is 38.6 Å². The second kappa shape index (κ2) is 10.3. The third kappa shape index (κ3) is 5.17. The highest BCUT2D eigenvalue weighted by molar-refractivity contribution is 7.89. The Labute approximate surface area is 200 Å². The first-order valence-corrected chi connectivity index (χ1v) is 13.4. The average molecular weight is 492 g/mol. The number of benzene rings is 2. The Bertz CT molecular complexity index is 1270. The lowest BCUT2D eigenvalue weighted by atomic mass is 10.1. The molecule has 0 unspecified atom stereocenters. The molecule has 32 heavy (non-hydrogen) atoms. The fraction of sp³-hybridized carbons (Fsp3) is 0.375. The van der Waals surface area contributed by atoms with Crippen molar-refractivity contribution < 1.29 is 8.42 Å². The highest BCUT2D eigenvalue weighted by Gasteiger charge is 2.26. The topological polar surface area (TPSA) is 54.7 Å². The smallest absolute Gasteiger partial charge is 0.244 e. The largest absolute Gasteiger partial charge is 0.320 e. The van der Waals surface area contributed by atoms with Crippen molar-refractivity contribution in [3.05, 3.63) is 62.7 Å². The molecule has 0 aliphatic heterocycles. The van der Waals surface area contributed by atoms with Gasteiger partial charge in [-0.05, 0) is 50.5 Å². The van der Waals surface area contributed by atoms with E-state index in [9.17, 15) is 8.42 Å². The number of aromatic nitrogens is 1. The zero-order chi connectivity index (χ0) is 23.5. The van der Waals surface area contributed by atoms with Crippen LogP contribution < -0.4 is 4.80 Å². The first kappa shape index (κ1) is 24.7. The minimum atomic E-state index is -3.68. The lowest BCUT2D eigenvalue weighted by Crippen LogP contribution is -2.32. The van der Waals surface area contributed by atoms with Gasteiger partial charge in [0.25, 0.3) is 0 Å². The SMILES string of the molecule is CCCN(CCC)S(=O)(=O)c1cc(-c2csc(=Nc3ccc(C)cc3C)n2C)ccc1Cl. The monoisotopic (exact) mass is 491 g/mol. The van der Waals surface area contributed by atoms with Crippen molar-refractivity contribution in [2.45, 2.75) is 45.4 Å². The molecular weight excluding hydrogens is 462 g/mol. The predicted octanol–water partition coefficient (Wildman–Crippen LogP) is 6.07. The number of nitrogens with zero attached hydrogens (tertiary/aromatic N) is 3. The van der Waals surface area contributed by atoms with Crippen LogP contribution in [0.2, 0.25) is 5.02 Å². The first-order chi connectivity index (χ1) is 15.2. The predicted molar refractivity (Wildman–Crippen MR) is 134 cm³/mol. The second-order valence-corrected chi connectivity index (χ2v) is 11.1. The minimum Gasteiger partial charge on any atom is -0.320 e. The van der Waals surface area contributed by atoms with Crippen LogP contribution in [0, 0.1) is 13.8 Å². The molecule has 1 heterocycles. The molecule has 1 aromatic heterocycles. The Morgan fingerprint density at radius 3 is 2.38 bits per heavy atom. The summed E-state index contributed by atoms with van der Waals surface area (Å²) < 4.78 is 30.2. The zero-order valence-electron chi connectivity index (χ0n) is 19.2. The highest BCUT2D eigenvalue weighted by Crippen LogP contribution is 2.31. The van der Waals surface area contributed by atoms with Crippen LogP contribution in [0.4, 0.5) is 5.69 Å². The van der Waals surface area contributed by atoms with E-state index in [2.05, 4.69) is 26.0 Å². The molecule has 0 aliphatic rings. The fourth-order valence-electron chi connectivity index (χ4n) is 3.62. The third-order valence-electron chi connectivity index (χ3n) is 5.28. The average Bonchev–Trinajstić information content (AvgIpc) is 3.10. The van der Waals surface area contributed by atoms with Crippen molar-refractivity contribution in [3.63, 3.8) is 0 Å². The van der Waals surface area contributed by atoms with E-state index < -0.39 is 10.0 Å². The molecule has 0 amide bonds. The molecule has 0 aliphatic carbocycles. The van der Waals surface area contributed by atoms with E-state index in [0.29, 0.717) is 13.1 Å². The summed E-state index contributed by atoms with van der Waals surface area (Å²) in [5.41, 5.74) is 4.93. The van der Waals surface area contributed by atoms with Crippen LogP contribution in [0.15, 0.2) is 51.7 Å². The van der Waals surface area contributed by atoms with Gasteiger partial charge in [-0.15, -0.1) is 11.3 Å². The number of sulfonamides is 1. The fourth-order valence-corrected chi connectivity index (χ4v) is 6.66. The van der Waals surface area contributed by atoms with Gasteiger partial charge in [0.15, 0.2) is 4.80 Å². The number of thiazole rings is 1. The maximum absolute atomic E-state index is 13.3. The number of aryl methyl sites for hydroxylation is 2. The van der Waals surface area contributed by atoms with Gasteiger partial charge < -0.3 is 4.57 Å². The van der Waals surface area contributed by atoms with Gasteiger partial charge in [0.1, 0.15) is 4.90 Å². The van der Waals surface area contributed by atoms with Gasteiger partial charge in [-0.2, -0.15) is 4.31 Å². The summed E-state index contributed by atoms with van der Waals surface area (Å²) >= 11 is 7.89. The van der Waals surface area contributed by atoms with Crippen molar-refractivity contribution in [2.75, 3.05) is 13.1 Å². The Hall–Kier alpha value is -1.93. The Kier molecular flexibility index (Phi) is 7.98. The van der Waals surface area contributed by atoms with E-state index in [1.807, 2.05) is 43.0 Å². The van der Waals surface area contributed by atoms with Crippen molar-refractivity contribution in [1.82, 2.24) is 8.87 Å². The van der Waals surface area contributed by atoms with Gasteiger partial charge in [0, 0.05) is 31.1 Å². The van der Waals surface area contributed by atoms with Gasteiger partial charge >= 0.3 is 0 Å². The van der Waals surface area contributed by atoms with E-state index in [4.69, 9.17) is 16.6 Å². The first-order valence-electron chi connectivity index (χ1n) is 10.8. The molecule has 0 saturated carbocycles. The molecule has 2 aromatic carbocycles. The molecule has 0 saturated heterocycles. The molecule has 172 valence electrons. The third-order valence-corrected chi connectivity index (χ3v) is 8.58. The maximum Gasteiger partial charge on any atom is 0.244 e. The Balaban J connectivity index is 2.07. The Morgan fingerprint density at radius 2 is 1.75 bits per heavy atom. The molecule has 5 nitrogen and oxygen atoms in total. The zero-order valence-corrected chi connectivity index (χ0v) is 21.6. The molecule has 8 heteroatoms. The van der Waals surface area contributed by atoms with E-state index >= 15 is 0 Å². The summed E-state index contributed by atoms with van der Waals surface area (Å²) in [5, 5.41) is 2.24. The number of halogens is 1. The number of hydrogen-bond donors (Lipinski definition) is 0. The summed E-state index contributed by atoms with van der Waals surface area (Å²) in [5.74, 6) is 0. The molecule has 0 bridgehead atoms. The Morgan fingerprint density at radius 1 is 1.06 bits per heavy atom. The molecule has 3 rings (SSSR count).